The first-order valence-corrected chi connectivity index (χ1v) is 7.46. The summed E-state index contributed by atoms with van der Waals surface area (Å²) in [5, 5.41) is 4.43. The zero-order valence-electron chi connectivity index (χ0n) is 13.8. The van der Waals surface area contributed by atoms with Crippen molar-refractivity contribution in [3.8, 4) is 0 Å². The van der Waals surface area contributed by atoms with Crippen LogP contribution in [0.4, 0.5) is 0 Å². The Morgan fingerprint density at radius 1 is 1.36 bits per heavy atom. The Bertz CT molecular complexity index is 635. The predicted octanol–water partition coefficient (Wildman–Crippen LogP) is 2.24. The molecule has 0 saturated carbocycles. The summed E-state index contributed by atoms with van der Waals surface area (Å²) in [5.74, 6) is 0.451. The van der Waals surface area contributed by atoms with Crippen molar-refractivity contribution in [1.82, 2.24) is 24.6 Å². The summed E-state index contributed by atoms with van der Waals surface area (Å²) in [6.07, 6.45) is 4.04. The molecule has 2 heterocycles. The minimum Gasteiger partial charge on any atom is -0.332 e. The van der Waals surface area contributed by atoms with Crippen LogP contribution >= 0.6 is 0 Å². The van der Waals surface area contributed by atoms with Gasteiger partial charge < -0.3 is 4.90 Å². The van der Waals surface area contributed by atoms with Crippen molar-refractivity contribution in [3.63, 3.8) is 0 Å². The van der Waals surface area contributed by atoms with E-state index in [0.29, 0.717) is 11.6 Å². The molecule has 2 rings (SSSR count). The molecular weight excluding hydrogens is 278 g/mol. The van der Waals surface area contributed by atoms with Crippen molar-refractivity contribution in [1.29, 1.82) is 0 Å². The molecule has 1 amide bonds. The fourth-order valence-corrected chi connectivity index (χ4v) is 2.35. The van der Waals surface area contributed by atoms with Crippen LogP contribution in [0.15, 0.2) is 24.7 Å². The highest BCUT2D eigenvalue weighted by molar-refractivity contribution is 5.92. The molecule has 0 saturated heterocycles. The fourth-order valence-electron chi connectivity index (χ4n) is 2.35. The standard InChI is InChI=1S/C16H23N5O/c1-11(2)8-13-9-15(21(5)19-13)16(22)20(4)12(3)14-6-7-17-10-18-14/h6-7,9-12H,8H2,1-5H3/t12-/m1/s1. The van der Waals surface area contributed by atoms with Crippen LogP contribution in [0.3, 0.4) is 0 Å². The average molecular weight is 301 g/mol. The summed E-state index contributed by atoms with van der Waals surface area (Å²) in [6.45, 7) is 6.23. The maximum absolute atomic E-state index is 12.7. The van der Waals surface area contributed by atoms with Gasteiger partial charge in [0.25, 0.3) is 5.91 Å². The average Bonchev–Trinajstić information content (AvgIpc) is 2.85. The van der Waals surface area contributed by atoms with Crippen LogP contribution in [0.2, 0.25) is 0 Å². The Labute approximate surface area is 131 Å². The number of aryl methyl sites for hydroxylation is 1. The third-order valence-electron chi connectivity index (χ3n) is 3.70. The lowest BCUT2D eigenvalue weighted by Gasteiger charge is -2.24. The lowest BCUT2D eigenvalue weighted by Crippen LogP contribution is -2.31. The maximum atomic E-state index is 12.7. The van der Waals surface area contributed by atoms with E-state index in [-0.39, 0.29) is 11.9 Å². The van der Waals surface area contributed by atoms with Crippen molar-refractivity contribution in [3.05, 3.63) is 41.7 Å². The Hall–Kier alpha value is -2.24. The third kappa shape index (κ3) is 3.50. The smallest absolute Gasteiger partial charge is 0.272 e. The van der Waals surface area contributed by atoms with E-state index in [1.165, 1.54) is 6.33 Å². The van der Waals surface area contributed by atoms with Gasteiger partial charge in [0.15, 0.2) is 0 Å². The van der Waals surface area contributed by atoms with E-state index in [0.717, 1.165) is 17.8 Å². The monoisotopic (exact) mass is 301 g/mol. The molecule has 0 spiro atoms. The van der Waals surface area contributed by atoms with E-state index in [1.54, 1.807) is 29.9 Å². The summed E-state index contributed by atoms with van der Waals surface area (Å²) >= 11 is 0. The van der Waals surface area contributed by atoms with Gasteiger partial charge in [0, 0.05) is 20.3 Å². The van der Waals surface area contributed by atoms with Crippen molar-refractivity contribution in [2.45, 2.75) is 33.2 Å². The minimum atomic E-state index is -0.126. The zero-order valence-corrected chi connectivity index (χ0v) is 13.8. The summed E-state index contributed by atoms with van der Waals surface area (Å²) in [6, 6.07) is 3.58. The Morgan fingerprint density at radius 2 is 2.09 bits per heavy atom. The third-order valence-corrected chi connectivity index (χ3v) is 3.70. The van der Waals surface area contributed by atoms with Crippen molar-refractivity contribution in [2.75, 3.05) is 7.05 Å². The molecule has 0 aliphatic rings. The van der Waals surface area contributed by atoms with Crippen LogP contribution in [0.5, 0.6) is 0 Å². The number of nitrogens with zero attached hydrogens (tertiary/aromatic N) is 5. The highest BCUT2D eigenvalue weighted by Gasteiger charge is 2.23. The molecule has 6 nitrogen and oxygen atoms in total. The Morgan fingerprint density at radius 3 is 2.68 bits per heavy atom. The molecule has 0 aliphatic carbocycles. The van der Waals surface area contributed by atoms with Crippen LogP contribution < -0.4 is 0 Å². The molecule has 0 bridgehead atoms. The maximum Gasteiger partial charge on any atom is 0.272 e. The van der Waals surface area contributed by atoms with Gasteiger partial charge in [-0.15, -0.1) is 0 Å². The largest absolute Gasteiger partial charge is 0.332 e. The first-order chi connectivity index (χ1) is 10.4. The number of rotatable bonds is 5. The number of hydrogen-bond donors (Lipinski definition) is 0. The molecule has 118 valence electrons. The van der Waals surface area contributed by atoms with Gasteiger partial charge >= 0.3 is 0 Å². The van der Waals surface area contributed by atoms with Crippen molar-refractivity contribution < 1.29 is 4.79 Å². The molecule has 6 heteroatoms. The lowest BCUT2D eigenvalue weighted by molar-refractivity contribution is 0.0728. The van der Waals surface area contributed by atoms with Gasteiger partial charge in [-0.1, -0.05) is 13.8 Å². The normalized spacial score (nSPS) is 12.5. The molecule has 1 atom stereocenters. The number of carbonyl (C=O) groups excluding carboxylic acids is 1. The first kappa shape index (κ1) is 16.1. The van der Waals surface area contributed by atoms with Gasteiger partial charge in [0.2, 0.25) is 0 Å². The summed E-state index contributed by atoms with van der Waals surface area (Å²) in [7, 11) is 3.59. The van der Waals surface area contributed by atoms with Crippen LogP contribution in [-0.2, 0) is 13.5 Å². The molecular formula is C16H23N5O. The van der Waals surface area contributed by atoms with E-state index < -0.39 is 0 Å². The number of aromatic nitrogens is 4. The van der Waals surface area contributed by atoms with Gasteiger partial charge in [-0.2, -0.15) is 5.10 Å². The van der Waals surface area contributed by atoms with Crippen LogP contribution in [0.25, 0.3) is 0 Å². The second-order valence-corrected chi connectivity index (χ2v) is 5.97. The number of amides is 1. The topological polar surface area (TPSA) is 63.9 Å². The highest BCUT2D eigenvalue weighted by atomic mass is 16.2. The Kier molecular flexibility index (Phi) is 4.90. The first-order valence-electron chi connectivity index (χ1n) is 7.46. The summed E-state index contributed by atoms with van der Waals surface area (Å²) in [4.78, 5) is 22.5. The van der Waals surface area contributed by atoms with E-state index >= 15 is 0 Å². The van der Waals surface area contributed by atoms with Gasteiger partial charge in [-0.05, 0) is 31.4 Å². The van der Waals surface area contributed by atoms with Crippen LogP contribution in [-0.4, -0.2) is 37.6 Å². The van der Waals surface area contributed by atoms with Crippen molar-refractivity contribution >= 4 is 5.91 Å². The molecule has 2 aromatic rings. The van der Waals surface area contributed by atoms with Crippen LogP contribution in [0, 0.1) is 5.92 Å². The molecule has 0 aliphatic heterocycles. The van der Waals surface area contributed by atoms with Gasteiger partial charge in [-0.25, -0.2) is 9.97 Å². The molecule has 22 heavy (non-hydrogen) atoms. The van der Waals surface area contributed by atoms with E-state index in [9.17, 15) is 4.79 Å². The second kappa shape index (κ2) is 6.68. The van der Waals surface area contributed by atoms with Gasteiger partial charge in [0.05, 0.1) is 17.4 Å². The van der Waals surface area contributed by atoms with E-state index in [4.69, 9.17) is 0 Å². The quantitative estimate of drug-likeness (QED) is 0.849. The van der Waals surface area contributed by atoms with Gasteiger partial charge in [0.1, 0.15) is 12.0 Å². The lowest BCUT2D eigenvalue weighted by atomic mass is 10.1. The molecule has 0 N–H and O–H groups in total. The SMILES string of the molecule is CC(C)Cc1cc(C(=O)N(C)[C@H](C)c2ccncn2)n(C)n1. The molecule has 0 aromatic carbocycles. The Balaban J connectivity index is 2.18. The molecule has 0 unspecified atom stereocenters. The summed E-state index contributed by atoms with van der Waals surface area (Å²) in [5.41, 5.74) is 2.36. The zero-order chi connectivity index (χ0) is 16.3. The summed E-state index contributed by atoms with van der Waals surface area (Å²) < 4.78 is 1.66. The molecule has 2 aromatic heterocycles. The molecule has 0 fully saturated rings. The number of hydrogen-bond acceptors (Lipinski definition) is 4. The highest BCUT2D eigenvalue weighted by Crippen LogP contribution is 2.19. The van der Waals surface area contributed by atoms with E-state index in [1.807, 2.05) is 19.1 Å². The second-order valence-electron chi connectivity index (χ2n) is 5.97. The molecule has 0 radical (unpaired) electrons. The van der Waals surface area contributed by atoms with Gasteiger partial charge in [-0.3, -0.25) is 9.48 Å². The fraction of sp³-hybridized carbons (Fsp3) is 0.500. The van der Waals surface area contributed by atoms with Crippen molar-refractivity contribution in [2.24, 2.45) is 13.0 Å². The predicted molar refractivity (Wildman–Crippen MR) is 84.3 cm³/mol. The van der Waals surface area contributed by atoms with Crippen LogP contribution in [0.1, 0.15) is 48.7 Å². The number of carbonyl (C=O) groups is 1. The minimum absolute atomic E-state index is 0.0591. The van der Waals surface area contributed by atoms with E-state index in [2.05, 4.69) is 28.9 Å².